The molecule has 1 aromatic heterocycles. The summed E-state index contributed by atoms with van der Waals surface area (Å²) in [7, 11) is 1.62. The summed E-state index contributed by atoms with van der Waals surface area (Å²) in [5.41, 5.74) is 2.74. The number of aromatic nitrogens is 2. The number of aliphatic hydroxyl groups excluding tert-OH is 1. The van der Waals surface area contributed by atoms with Crippen molar-refractivity contribution in [1.82, 2.24) is 10.2 Å². The van der Waals surface area contributed by atoms with Gasteiger partial charge in [-0.3, -0.25) is 5.10 Å². The van der Waals surface area contributed by atoms with Crippen LogP contribution in [0.2, 0.25) is 0 Å². The average molecular weight is 232 g/mol. The van der Waals surface area contributed by atoms with Crippen LogP contribution in [0.15, 0.2) is 30.3 Å². The Kier molecular flexibility index (Phi) is 3.44. The SMILES string of the molecule is COc1ccc(C(O)Cc2cc(C)[nH]n2)cc1. The minimum Gasteiger partial charge on any atom is -0.497 e. The lowest BCUT2D eigenvalue weighted by atomic mass is 10.0. The van der Waals surface area contributed by atoms with E-state index in [9.17, 15) is 5.11 Å². The topological polar surface area (TPSA) is 58.1 Å². The maximum atomic E-state index is 10.1. The Balaban J connectivity index is 2.06. The molecule has 4 nitrogen and oxygen atoms in total. The number of H-pyrrole nitrogens is 1. The first-order chi connectivity index (χ1) is 8.19. The number of nitrogens with one attached hydrogen (secondary N) is 1. The van der Waals surface area contributed by atoms with Crippen LogP contribution in [-0.2, 0) is 6.42 Å². The lowest BCUT2D eigenvalue weighted by molar-refractivity contribution is 0.177. The fraction of sp³-hybridized carbons (Fsp3) is 0.308. The monoisotopic (exact) mass is 232 g/mol. The highest BCUT2D eigenvalue weighted by atomic mass is 16.5. The summed E-state index contributed by atoms with van der Waals surface area (Å²) in [4.78, 5) is 0. The first-order valence-corrected chi connectivity index (χ1v) is 5.52. The maximum absolute atomic E-state index is 10.1. The molecule has 1 atom stereocenters. The minimum absolute atomic E-state index is 0.511. The summed E-state index contributed by atoms with van der Waals surface area (Å²) in [6.45, 7) is 1.94. The molecule has 1 aromatic carbocycles. The van der Waals surface area contributed by atoms with E-state index in [1.165, 1.54) is 0 Å². The van der Waals surface area contributed by atoms with Gasteiger partial charge in [0.2, 0.25) is 0 Å². The molecule has 0 aliphatic rings. The van der Waals surface area contributed by atoms with Crippen molar-refractivity contribution in [3.8, 4) is 5.75 Å². The third-order valence-corrected chi connectivity index (χ3v) is 2.66. The van der Waals surface area contributed by atoms with Gasteiger partial charge in [-0.25, -0.2) is 0 Å². The van der Waals surface area contributed by atoms with E-state index in [1.54, 1.807) is 7.11 Å². The molecule has 2 rings (SSSR count). The van der Waals surface area contributed by atoms with Crippen LogP contribution in [0.4, 0.5) is 0 Å². The van der Waals surface area contributed by atoms with Gasteiger partial charge in [-0.15, -0.1) is 0 Å². The predicted octanol–water partition coefficient (Wildman–Crippen LogP) is 2.00. The van der Waals surface area contributed by atoms with Crippen LogP contribution in [0.25, 0.3) is 0 Å². The Bertz CT molecular complexity index is 476. The molecular weight excluding hydrogens is 216 g/mol. The van der Waals surface area contributed by atoms with Crippen LogP contribution in [0.1, 0.15) is 23.1 Å². The summed E-state index contributed by atoms with van der Waals surface area (Å²) in [6.07, 6.45) is -0.0277. The van der Waals surface area contributed by atoms with Crippen molar-refractivity contribution in [3.05, 3.63) is 47.3 Å². The molecule has 0 spiro atoms. The summed E-state index contributed by atoms with van der Waals surface area (Å²) in [5.74, 6) is 0.788. The molecule has 17 heavy (non-hydrogen) atoms. The van der Waals surface area contributed by atoms with Crippen molar-refractivity contribution in [2.45, 2.75) is 19.4 Å². The molecular formula is C13H16N2O2. The molecule has 0 saturated carbocycles. The number of methoxy groups -OCH3 is 1. The maximum Gasteiger partial charge on any atom is 0.118 e. The van der Waals surface area contributed by atoms with Gasteiger partial charge >= 0.3 is 0 Å². The van der Waals surface area contributed by atoms with E-state index in [4.69, 9.17) is 4.74 Å². The number of aromatic amines is 1. The quantitative estimate of drug-likeness (QED) is 0.847. The molecule has 0 aliphatic heterocycles. The van der Waals surface area contributed by atoms with Crippen LogP contribution >= 0.6 is 0 Å². The second kappa shape index (κ2) is 5.01. The van der Waals surface area contributed by atoms with Crippen molar-refractivity contribution < 1.29 is 9.84 Å². The van der Waals surface area contributed by atoms with E-state index in [0.29, 0.717) is 6.42 Å². The first kappa shape index (κ1) is 11.7. The standard InChI is InChI=1S/C13H16N2O2/c1-9-7-11(15-14-9)8-13(16)10-3-5-12(17-2)6-4-10/h3-7,13,16H,8H2,1-2H3,(H,14,15). The van der Waals surface area contributed by atoms with E-state index >= 15 is 0 Å². The Morgan fingerprint density at radius 3 is 2.59 bits per heavy atom. The van der Waals surface area contributed by atoms with Crippen molar-refractivity contribution in [1.29, 1.82) is 0 Å². The number of hydrogen-bond donors (Lipinski definition) is 2. The van der Waals surface area contributed by atoms with Crippen LogP contribution in [0.3, 0.4) is 0 Å². The molecule has 0 amide bonds. The van der Waals surface area contributed by atoms with Gasteiger partial charge in [0.05, 0.1) is 18.9 Å². The summed E-state index contributed by atoms with van der Waals surface area (Å²) in [6, 6.07) is 9.35. The summed E-state index contributed by atoms with van der Waals surface area (Å²) < 4.78 is 5.07. The zero-order chi connectivity index (χ0) is 12.3. The van der Waals surface area contributed by atoms with Gasteiger partial charge in [0.25, 0.3) is 0 Å². The first-order valence-electron chi connectivity index (χ1n) is 5.52. The smallest absolute Gasteiger partial charge is 0.118 e. The Morgan fingerprint density at radius 1 is 1.35 bits per heavy atom. The summed E-state index contributed by atoms with van der Waals surface area (Å²) >= 11 is 0. The Hall–Kier alpha value is -1.81. The van der Waals surface area contributed by atoms with Crippen molar-refractivity contribution in [2.24, 2.45) is 0 Å². The van der Waals surface area contributed by atoms with Gasteiger partial charge < -0.3 is 9.84 Å². The highest BCUT2D eigenvalue weighted by Crippen LogP contribution is 2.20. The van der Waals surface area contributed by atoms with Gasteiger partial charge in [0, 0.05) is 12.1 Å². The lowest BCUT2D eigenvalue weighted by Crippen LogP contribution is -2.02. The van der Waals surface area contributed by atoms with Crippen LogP contribution in [0.5, 0.6) is 5.75 Å². The number of rotatable bonds is 4. The minimum atomic E-state index is -0.538. The van der Waals surface area contributed by atoms with Gasteiger partial charge in [-0.1, -0.05) is 12.1 Å². The normalized spacial score (nSPS) is 12.4. The number of hydrogen-bond acceptors (Lipinski definition) is 3. The molecule has 0 radical (unpaired) electrons. The van der Waals surface area contributed by atoms with Gasteiger partial charge in [-0.05, 0) is 30.7 Å². The van der Waals surface area contributed by atoms with Gasteiger partial charge in [0.1, 0.15) is 5.75 Å². The molecule has 1 heterocycles. The fourth-order valence-electron chi connectivity index (χ4n) is 1.72. The molecule has 90 valence electrons. The number of benzene rings is 1. The van der Waals surface area contributed by atoms with Crippen molar-refractivity contribution in [3.63, 3.8) is 0 Å². The van der Waals surface area contributed by atoms with E-state index in [-0.39, 0.29) is 0 Å². The zero-order valence-corrected chi connectivity index (χ0v) is 9.97. The van der Waals surface area contributed by atoms with E-state index in [0.717, 1.165) is 22.7 Å². The highest BCUT2D eigenvalue weighted by Gasteiger charge is 2.10. The average Bonchev–Trinajstić information content (AvgIpc) is 2.75. The molecule has 4 heteroatoms. The van der Waals surface area contributed by atoms with E-state index < -0.39 is 6.10 Å². The number of aryl methyl sites for hydroxylation is 1. The number of nitrogens with zero attached hydrogens (tertiary/aromatic N) is 1. The molecule has 0 aliphatic carbocycles. The molecule has 0 fully saturated rings. The second-order valence-electron chi connectivity index (χ2n) is 4.04. The second-order valence-corrected chi connectivity index (χ2v) is 4.04. The number of ether oxygens (including phenoxy) is 1. The van der Waals surface area contributed by atoms with Crippen LogP contribution < -0.4 is 4.74 Å². The Morgan fingerprint density at radius 2 is 2.06 bits per heavy atom. The molecule has 2 N–H and O–H groups in total. The van der Waals surface area contributed by atoms with Crippen molar-refractivity contribution in [2.75, 3.05) is 7.11 Å². The highest BCUT2D eigenvalue weighted by molar-refractivity contribution is 5.29. The largest absolute Gasteiger partial charge is 0.497 e. The number of aliphatic hydroxyl groups is 1. The van der Waals surface area contributed by atoms with Gasteiger partial charge in [-0.2, -0.15) is 5.10 Å². The predicted molar refractivity (Wildman–Crippen MR) is 65.0 cm³/mol. The molecule has 2 aromatic rings. The third kappa shape index (κ3) is 2.85. The lowest BCUT2D eigenvalue weighted by Gasteiger charge is -2.09. The van der Waals surface area contributed by atoms with Crippen LogP contribution in [0, 0.1) is 6.92 Å². The zero-order valence-electron chi connectivity index (χ0n) is 9.97. The van der Waals surface area contributed by atoms with E-state index in [2.05, 4.69) is 10.2 Å². The molecule has 1 unspecified atom stereocenters. The molecule has 0 bridgehead atoms. The van der Waals surface area contributed by atoms with E-state index in [1.807, 2.05) is 37.3 Å². The van der Waals surface area contributed by atoms with Crippen molar-refractivity contribution >= 4 is 0 Å². The Labute approximate surface area is 100 Å². The molecule has 0 saturated heterocycles. The summed E-state index contributed by atoms with van der Waals surface area (Å²) in [5, 5.41) is 17.0. The fourth-order valence-corrected chi connectivity index (χ4v) is 1.72. The van der Waals surface area contributed by atoms with Gasteiger partial charge in [0.15, 0.2) is 0 Å². The third-order valence-electron chi connectivity index (χ3n) is 2.66. The van der Waals surface area contributed by atoms with Crippen LogP contribution in [-0.4, -0.2) is 22.4 Å².